The number of anilines is 2. The molecule has 194 valence electrons. The second-order valence-electron chi connectivity index (χ2n) is 9.64. The molecule has 2 N–H and O–H groups in total. The summed E-state index contributed by atoms with van der Waals surface area (Å²) >= 11 is 0. The Morgan fingerprint density at radius 1 is 0.842 bits per heavy atom. The van der Waals surface area contributed by atoms with E-state index in [2.05, 4.69) is 16.8 Å². The van der Waals surface area contributed by atoms with Crippen molar-refractivity contribution in [3.63, 3.8) is 0 Å². The first-order chi connectivity index (χ1) is 18.4. The Balaban J connectivity index is 1.42. The summed E-state index contributed by atoms with van der Waals surface area (Å²) in [5.74, 6) is -0.796. The lowest BCUT2D eigenvalue weighted by Gasteiger charge is -2.34. The van der Waals surface area contributed by atoms with E-state index in [0.29, 0.717) is 28.3 Å². The molecule has 0 radical (unpaired) electrons. The van der Waals surface area contributed by atoms with Crippen LogP contribution < -0.4 is 19.3 Å². The predicted octanol–water partition coefficient (Wildman–Crippen LogP) is 3.50. The third kappa shape index (κ3) is 4.10. The van der Waals surface area contributed by atoms with E-state index in [9.17, 15) is 19.8 Å². The molecule has 3 aliphatic heterocycles. The smallest absolute Gasteiger partial charge is 0.300 e. The monoisotopic (exact) mass is 513 g/mol. The largest absolute Gasteiger partial charge is 0.508 e. The van der Waals surface area contributed by atoms with Gasteiger partial charge in [-0.1, -0.05) is 12.1 Å². The molecule has 9 nitrogen and oxygen atoms in total. The third-order valence-corrected chi connectivity index (χ3v) is 7.30. The molecule has 2 fully saturated rings. The molecule has 38 heavy (non-hydrogen) atoms. The van der Waals surface area contributed by atoms with Crippen LogP contribution in [0.4, 0.5) is 11.4 Å². The molecule has 1 unspecified atom stereocenters. The zero-order chi connectivity index (χ0) is 26.4. The van der Waals surface area contributed by atoms with E-state index in [1.807, 2.05) is 24.3 Å². The van der Waals surface area contributed by atoms with Gasteiger partial charge in [-0.15, -0.1) is 0 Å². The number of aliphatic hydroxyl groups excluding tert-OH is 1. The van der Waals surface area contributed by atoms with Gasteiger partial charge in [0.15, 0.2) is 11.5 Å². The topological polar surface area (TPSA) is 103 Å². The van der Waals surface area contributed by atoms with Gasteiger partial charge in [0.2, 0.25) is 6.79 Å². The van der Waals surface area contributed by atoms with E-state index >= 15 is 0 Å². The minimum atomic E-state index is -0.893. The predicted molar refractivity (Wildman–Crippen MR) is 142 cm³/mol. The Morgan fingerprint density at radius 3 is 2.21 bits per heavy atom. The van der Waals surface area contributed by atoms with Crippen molar-refractivity contribution < 1.29 is 29.3 Å². The molecule has 2 saturated heterocycles. The maximum Gasteiger partial charge on any atom is 0.300 e. The highest BCUT2D eigenvalue weighted by molar-refractivity contribution is 6.51. The third-order valence-electron chi connectivity index (χ3n) is 7.30. The average molecular weight is 514 g/mol. The van der Waals surface area contributed by atoms with Crippen molar-refractivity contribution in [1.29, 1.82) is 0 Å². The number of ether oxygens (including phenoxy) is 2. The van der Waals surface area contributed by atoms with Crippen LogP contribution in [0, 0.1) is 0 Å². The van der Waals surface area contributed by atoms with Crippen LogP contribution in [0.5, 0.6) is 17.2 Å². The first-order valence-electron chi connectivity index (χ1n) is 12.4. The fraction of sp³-hybridized carbons (Fsp3) is 0.241. The van der Waals surface area contributed by atoms with E-state index in [1.54, 1.807) is 30.3 Å². The van der Waals surface area contributed by atoms with E-state index in [1.165, 1.54) is 17.0 Å². The molecule has 0 saturated carbocycles. The lowest BCUT2D eigenvalue weighted by atomic mass is 9.95. The van der Waals surface area contributed by atoms with Gasteiger partial charge >= 0.3 is 0 Å². The SMILES string of the molecule is CN1CCN(c2ccc(N3C(=O)C(=O)/C(=C(\O)c4ccc5c(c4)OCO5)C3c3ccc(O)cc3)cc2)CC1. The Labute approximate surface area is 219 Å². The summed E-state index contributed by atoms with van der Waals surface area (Å²) in [5.41, 5.74) is 2.45. The minimum Gasteiger partial charge on any atom is -0.508 e. The molecule has 3 heterocycles. The maximum atomic E-state index is 13.4. The Morgan fingerprint density at radius 2 is 1.50 bits per heavy atom. The Kier molecular flexibility index (Phi) is 5.92. The quantitative estimate of drug-likeness (QED) is 0.311. The van der Waals surface area contributed by atoms with Crippen LogP contribution in [0.2, 0.25) is 0 Å². The number of carbonyl (C=O) groups is 2. The molecule has 1 amide bonds. The van der Waals surface area contributed by atoms with Crippen LogP contribution >= 0.6 is 0 Å². The number of fused-ring (bicyclic) bond motifs is 1. The summed E-state index contributed by atoms with van der Waals surface area (Å²) < 4.78 is 10.8. The number of aliphatic hydroxyl groups is 1. The van der Waals surface area contributed by atoms with Crippen molar-refractivity contribution in [3.8, 4) is 17.2 Å². The molecule has 1 atom stereocenters. The molecule has 0 bridgehead atoms. The van der Waals surface area contributed by atoms with Crippen molar-refractivity contribution in [1.82, 2.24) is 4.90 Å². The number of rotatable bonds is 4. The summed E-state index contributed by atoms with van der Waals surface area (Å²) in [6.07, 6.45) is 0. The minimum absolute atomic E-state index is 0.0392. The lowest BCUT2D eigenvalue weighted by Crippen LogP contribution is -2.44. The van der Waals surface area contributed by atoms with E-state index in [-0.39, 0.29) is 23.9 Å². The van der Waals surface area contributed by atoms with Gasteiger partial charge in [-0.3, -0.25) is 14.5 Å². The Hall–Kier alpha value is -4.50. The van der Waals surface area contributed by atoms with Crippen LogP contribution in [0.1, 0.15) is 17.2 Å². The van der Waals surface area contributed by atoms with E-state index in [4.69, 9.17) is 9.47 Å². The number of hydrogen-bond acceptors (Lipinski definition) is 8. The number of piperazine rings is 1. The number of likely N-dealkylation sites (N-methyl/N-ethyl adjacent to an activating group) is 1. The number of Topliss-reactive ketones (excluding diaryl/α,β-unsaturated/α-hetero) is 1. The number of carbonyl (C=O) groups excluding carboxylic acids is 2. The molecule has 9 heteroatoms. The number of phenols is 1. The van der Waals surface area contributed by atoms with Gasteiger partial charge in [-0.05, 0) is 67.2 Å². The number of amides is 1. The van der Waals surface area contributed by atoms with E-state index in [0.717, 1.165) is 31.9 Å². The van der Waals surface area contributed by atoms with Gasteiger partial charge < -0.3 is 29.5 Å². The number of nitrogens with zero attached hydrogens (tertiary/aromatic N) is 3. The van der Waals surface area contributed by atoms with E-state index < -0.39 is 17.7 Å². The van der Waals surface area contributed by atoms with Gasteiger partial charge in [-0.25, -0.2) is 0 Å². The highest BCUT2D eigenvalue weighted by Crippen LogP contribution is 2.44. The Bertz CT molecular complexity index is 1430. The summed E-state index contributed by atoms with van der Waals surface area (Å²) in [5, 5.41) is 21.2. The summed E-state index contributed by atoms with van der Waals surface area (Å²) in [4.78, 5) is 32.8. The molecule has 3 aromatic rings. The number of aromatic hydroxyl groups is 1. The second-order valence-corrected chi connectivity index (χ2v) is 9.64. The average Bonchev–Trinajstić information content (AvgIpc) is 3.51. The molecule has 0 aromatic heterocycles. The number of hydrogen-bond donors (Lipinski definition) is 2. The van der Waals surface area contributed by atoms with Crippen molar-refractivity contribution in [2.24, 2.45) is 0 Å². The second kappa shape index (κ2) is 9.42. The fourth-order valence-electron chi connectivity index (χ4n) is 5.16. The molecule has 0 aliphatic carbocycles. The summed E-state index contributed by atoms with van der Waals surface area (Å²) in [6.45, 7) is 3.82. The fourth-order valence-corrected chi connectivity index (χ4v) is 5.16. The lowest BCUT2D eigenvalue weighted by molar-refractivity contribution is -0.132. The summed E-state index contributed by atoms with van der Waals surface area (Å²) in [6, 6.07) is 17.8. The molecular weight excluding hydrogens is 486 g/mol. The van der Waals surface area contributed by atoms with Gasteiger partial charge in [0.1, 0.15) is 11.5 Å². The van der Waals surface area contributed by atoms with Crippen LogP contribution in [0.3, 0.4) is 0 Å². The van der Waals surface area contributed by atoms with Gasteiger partial charge in [0.25, 0.3) is 11.7 Å². The van der Waals surface area contributed by atoms with Crippen LogP contribution in [-0.4, -0.2) is 66.8 Å². The highest BCUT2D eigenvalue weighted by Gasteiger charge is 2.47. The zero-order valence-electron chi connectivity index (χ0n) is 20.8. The zero-order valence-corrected chi connectivity index (χ0v) is 20.8. The molecular formula is C29H27N3O6. The van der Waals surface area contributed by atoms with Crippen molar-refractivity contribution >= 4 is 28.8 Å². The maximum absolute atomic E-state index is 13.4. The van der Waals surface area contributed by atoms with Crippen molar-refractivity contribution in [2.75, 3.05) is 49.8 Å². The van der Waals surface area contributed by atoms with Crippen molar-refractivity contribution in [3.05, 3.63) is 83.4 Å². The van der Waals surface area contributed by atoms with Crippen LogP contribution in [0.25, 0.3) is 5.76 Å². The number of benzene rings is 3. The van der Waals surface area contributed by atoms with Gasteiger partial charge in [0, 0.05) is 43.1 Å². The van der Waals surface area contributed by atoms with Crippen LogP contribution in [-0.2, 0) is 9.59 Å². The van der Waals surface area contributed by atoms with Gasteiger partial charge in [0.05, 0.1) is 11.6 Å². The normalized spacial score (nSPS) is 20.8. The first kappa shape index (κ1) is 23.9. The standard InChI is InChI=1S/C29H27N3O6/c1-30-12-14-31(15-13-30)20-5-7-21(8-6-20)32-26(18-2-9-22(33)10-3-18)25(28(35)29(32)36)27(34)19-4-11-23-24(16-19)38-17-37-23/h2-11,16,26,33-34H,12-15,17H2,1H3/b27-25-. The van der Waals surface area contributed by atoms with Gasteiger partial charge in [-0.2, -0.15) is 0 Å². The highest BCUT2D eigenvalue weighted by atomic mass is 16.7. The molecule has 3 aliphatic rings. The molecule has 6 rings (SSSR count). The first-order valence-corrected chi connectivity index (χ1v) is 12.4. The molecule has 3 aromatic carbocycles. The van der Waals surface area contributed by atoms with Crippen LogP contribution in [0.15, 0.2) is 72.3 Å². The summed E-state index contributed by atoms with van der Waals surface area (Å²) in [7, 11) is 2.10. The number of phenolic OH excluding ortho intramolecular Hbond substituents is 1. The molecule has 0 spiro atoms. The van der Waals surface area contributed by atoms with Crippen molar-refractivity contribution in [2.45, 2.75) is 6.04 Å². The number of ketones is 1.